The van der Waals surface area contributed by atoms with Crippen LogP contribution < -0.4 is 0 Å². The molecule has 0 unspecified atom stereocenters. The summed E-state index contributed by atoms with van der Waals surface area (Å²) in [5.41, 5.74) is 4.79. The van der Waals surface area contributed by atoms with Crippen molar-refractivity contribution in [3.8, 4) is 0 Å². The lowest BCUT2D eigenvalue weighted by Crippen LogP contribution is -2.13. The monoisotopic (exact) mass is 367 g/mol. The minimum Gasteiger partial charge on any atom is -0.265 e. The predicted octanol–water partition coefficient (Wildman–Crippen LogP) is 3.58. The van der Waals surface area contributed by atoms with Gasteiger partial charge in [-0.15, -0.1) is 0 Å². The number of hydrogen-bond acceptors (Lipinski definition) is 4. The zero-order chi connectivity index (χ0) is 18.3. The highest BCUT2D eigenvalue weighted by atomic mass is 32.2. The Morgan fingerprint density at radius 3 is 2.69 bits per heavy atom. The smallest absolute Gasteiger partial charge is 0.152 e. The lowest BCUT2D eigenvalue weighted by molar-refractivity contribution is 0.486. The topological polar surface area (TPSA) is 64.8 Å². The number of aryl methyl sites for hydroxylation is 1. The van der Waals surface area contributed by atoms with Gasteiger partial charge in [0.25, 0.3) is 0 Å². The molecule has 0 aliphatic carbocycles. The van der Waals surface area contributed by atoms with Gasteiger partial charge in [-0.2, -0.15) is 5.10 Å². The van der Waals surface area contributed by atoms with Crippen LogP contribution in [0.2, 0.25) is 0 Å². The van der Waals surface area contributed by atoms with E-state index in [1.165, 1.54) is 0 Å². The minimum absolute atomic E-state index is 0.0559. The molecule has 5 nitrogen and oxygen atoms in total. The fourth-order valence-electron chi connectivity index (χ4n) is 3.58. The molecular formula is C20H21N3O2S. The first kappa shape index (κ1) is 17.0. The van der Waals surface area contributed by atoms with Crippen molar-refractivity contribution in [3.05, 3.63) is 59.0 Å². The summed E-state index contributed by atoms with van der Waals surface area (Å²) < 4.78 is 25.4. The van der Waals surface area contributed by atoms with Crippen LogP contribution in [0, 0.1) is 13.8 Å². The molecule has 1 saturated heterocycles. The van der Waals surface area contributed by atoms with E-state index in [1.807, 2.05) is 61.0 Å². The third-order valence-electron chi connectivity index (χ3n) is 4.98. The van der Waals surface area contributed by atoms with Crippen LogP contribution in [0.15, 0.2) is 36.4 Å². The maximum Gasteiger partial charge on any atom is 0.152 e. The maximum absolute atomic E-state index is 11.8. The highest BCUT2D eigenvalue weighted by Crippen LogP contribution is 2.27. The van der Waals surface area contributed by atoms with Gasteiger partial charge in [0.15, 0.2) is 9.84 Å². The number of nitrogens with zero attached hydrogens (tertiary/aromatic N) is 3. The highest BCUT2D eigenvalue weighted by Gasteiger charge is 2.31. The van der Waals surface area contributed by atoms with Crippen LogP contribution >= 0.6 is 0 Å². The third kappa shape index (κ3) is 3.17. The third-order valence-corrected chi connectivity index (χ3v) is 6.73. The van der Waals surface area contributed by atoms with Crippen molar-refractivity contribution < 1.29 is 8.42 Å². The number of sulfone groups is 1. The fraction of sp³-hybridized carbons (Fsp3) is 0.300. The summed E-state index contributed by atoms with van der Waals surface area (Å²) in [6, 6.07) is 12.0. The average Bonchev–Trinajstić information content (AvgIpc) is 3.12. The molecule has 1 fully saturated rings. The van der Waals surface area contributed by atoms with E-state index in [0.29, 0.717) is 6.42 Å². The SMILES string of the molecule is Cc1nn([C@@H]2CCS(=O)(=O)C2)c(C)c1/C=C/c1ccc2ccccc2n1. The summed E-state index contributed by atoms with van der Waals surface area (Å²) in [5.74, 6) is 0.437. The van der Waals surface area contributed by atoms with Crippen LogP contribution in [0.3, 0.4) is 0 Å². The van der Waals surface area contributed by atoms with Gasteiger partial charge in [0, 0.05) is 16.6 Å². The molecule has 0 amide bonds. The molecule has 0 saturated carbocycles. The van der Waals surface area contributed by atoms with Crippen molar-refractivity contribution in [2.24, 2.45) is 0 Å². The fourth-order valence-corrected chi connectivity index (χ4v) is 5.28. The average molecular weight is 367 g/mol. The molecule has 0 N–H and O–H groups in total. The molecule has 26 heavy (non-hydrogen) atoms. The second-order valence-electron chi connectivity index (χ2n) is 6.85. The standard InChI is InChI=1S/C20H21N3O2S/c1-14-19(15(2)23(22-14)18-11-12-26(24,25)13-18)10-9-17-8-7-16-5-3-4-6-20(16)21-17/h3-10,18H,11-13H2,1-2H3/b10-9+/t18-/m1/s1. The van der Waals surface area contributed by atoms with Gasteiger partial charge in [-0.25, -0.2) is 13.4 Å². The van der Waals surface area contributed by atoms with Crippen molar-refractivity contribution >= 4 is 32.9 Å². The molecule has 1 aliphatic heterocycles. The van der Waals surface area contributed by atoms with Gasteiger partial charge in [-0.1, -0.05) is 24.3 Å². The molecule has 1 aromatic carbocycles. The number of pyridine rings is 1. The van der Waals surface area contributed by atoms with Crippen molar-refractivity contribution in [1.29, 1.82) is 0 Å². The van der Waals surface area contributed by atoms with E-state index >= 15 is 0 Å². The number of rotatable bonds is 3. The van der Waals surface area contributed by atoms with E-state index in [2.05, 4.69) is 16.1 Å². The predicted molar refractivity (Wildman–Crippen MR) is 105 cm³/mol. The quantitative estimate of drug-likeness (QED) is 0.710. The summed E-state index contributed by atoms with van der Waals surface area (Å²) in [7, 11) is -2.93. The van der Waals surface area contributed by atoms with Crippen LogP contribution in [-0.2, 0) is 9.84 Å². The first-order valence-electron chi connectivity index (χ1n) is 8.73. The first-order chi connectivity index (χ1) is 12.4. The van der Waals surface area contributed by atoms with E-state index in [1.54, 1.807) is 0 Å². The molecule has 4 rings (SSSR count). The summed E-state index contributed by atoms with van der Waals surface area (Å²) in [4.78, 5) is 4.66. The Kier molecular flexibility index (Phi) is 4.15. The first-order valence-corrected chi connectivity index (χ1v) is 10.5. The highest BCUT2D eigenvalue weighted by molar-refractivity contribution is 7.91. The molecule has 6 heteroatoms. The molecular weight excluding hydrogens is 346 g/mol. The zero-order valence-corrected chi connectivity index (χ0v) is 15.7. The van der Waals surface area contributed by atoms with Gasteiger partial charge in [-0.3, -0.25) is 4.68 Å². The van der Waals surface area contributed by atoms with Crippen LogP contribution in [0.1, 0.15) is 35.1 Å². The zero-order valence-electron chi connectivity index (χ0n) is 14.9. The van der Waals surface area contributed by atoms with Crippen molar-refractivity contribution in [1.82, 2.24) is 14.8 Å². The molecule has 1 atom stereocenters. The lowest BCUT2D eigenvalue weighted by Gasteiger charge is -2.10. The second kappa shape index (κ2) is 6.36. The van der Waals surface area contributed by atoms with Gasteiger partial charge in [0.05, 0.1) is 34.5 Å². The molecule has 1 aliphatic rings. The van der Waals surface area contributed by atoms with Gasteiger partial charge in [0.2, 0.25) is 0 Å². The number of benzene rings is 1. The molecule has 0 bridgehead atoms. The largest absolute Gasteiger partial charge is 0.265 e. The Morgan fingerprint density at radius 1 is 1.12 bits per heavy atom. The van der Waals surface area contributed by atoms with Crippen LogP contribution in [0.4, 0.5) is 0 Å². The van der Waals surface area contributed by atoms with Gasteiger partial charge < -0.3 is 0 Å². The number of fused-ring (bicyclic) bond motifs is 1. The lowest BCUT2D eigenvalue weighted by atomic mass is 10.1. The molecule has 134 valence electrons. The Labute approximate surface area is 153 Å². The normalized spacial score (nSPS) is 19.5. The molecule has 0 spiro atoms. The van der Waals surface area contributed by atoms with Crippen LogP contribution in [-0.4, -0.2) is 34.7 Å². The van der Waals surface area contributed by atoms with E-state index in [-0.39, 0.29) is 17.5 Å². The van der Waals surface area contributed by atoms with Crippen molar-refractivity contribution in [2.75, 3.05) is 11.5 Å². The van der Waals surface area contributed by atoms with Crippen LogP contribution in [0.25, 0.3) is 23.1 Å². The summed E-state index contributed by atoms with van der Waals surface area (Å²) in [5, 5.41) is 5.72. The van der Waals surface area contributed by atoms with Gasteiger partial charge in [-0.05, 0) is 44.6 Å². The van der Waals surface area contributed by atoms with E-state index in [9.17, 15) is 8.42 Å². The van der Waals surface area contributed by atoms with E-state index < -0.39 is 9.84 Å². The van der Waals surface area contributed by atoms with E-state index in [4.69, 9.17) is 0 Å². The number of para-hydroxylation sites is 1. The summed E-state index contributed by atoms with van der Waals surface area (Å²) in [6.07, 6.45) is 4.65. The molecule has 2 aromatic heterocycles. The van der Waals surface area contributed by atoms with Gasteiger partial charge in [0.1, 0.15) is 0 Å². The summed E-state index contributed by atoms with van der Waals surface area (Å²) >= 11 is 0. The van der Waals surface area contributed by atoms with Crippen molar-refractivity contribution in [2.45, 2.75) is 26.3 Å². The Morgan fingerprint density at radius 2 is 1.92 bits per heavy atom. The second-order valence-corrected chi connectivity index (χ2v) is 9.08. The number of hydrogen-bond donors (Lipinski definition) is 0. The Hall–Kier alpha value is -2.47. The Balaban J connectivity index is 1.64. The Bertz CT molecular complexity index is 1110. The molecule has 0 radical (unpaired) electrons. The minimum atomic E-state index is -2.93. The molecule has 3 heterocycles. The maximum atomic E-state index is 11.8. The summed E-state index contributed by atoms with van der Waals surface area (Å²) in [6.45, 7) is 3.96. The van der Waals surface area contributed by atoms with Crippen molar-refractivity contribution in [3.63, 3.8) is 0 Å². The molecule has 3 aromatic rings. The van der Waals surface area contributed by atoms with Crippen LogP contribution in [0.5, 0.6) is 0 Å². The van der Waals surface area contributed by atoms with E-state index in [0.717, 1.165) is 33.5 Å². The number of aromatic nitrogens is 3. The van der Waals surface area contributed by atoms with Gasteiger partial charge >= 0.3 is 0 Å².